The van der Waals surface area contributed by atoms with Crippen LogP contribution in [-0.2, 0) is 6.54 Å². The molecule has 1 aliphatic rings. The Kier molecular flexibility index (Phi) is 8.45. The van der Waals surface area contributed by atoms with E-state index in [-0.39, 0.29) is 30.0 Å². The lowest BCUT2D eigenvalue weighted by Gasteiger charge is -2.15. The largest absolute Gasteiger partial charge is 0.355 e. The third-order valence-corrected chi connectivity index (χ3v) is 4.78. The first-order valence-corrected chi connectivity index (χ1v) is 7.95. The highest BCUT2D eigenvalue weighted by Gasteiger charge is 2.19. The maximum atomic E-state index is 13.5. The van der Waals surface area contributed by atoms with Crippen molar-refractivity contribution in [2.24, 2.45) is 4.99 Å². The molecular weight excluding hydrogens is 445 g/mol. The predicted molar refractivity (Wildman–Crippen MR) is 95.4 cm³/mol. The Bertz CT molecular complexity index is 539. The summed E-state index contributed by atoms with van der Waals surface area (Å²) in [7, 11) is 1.51. The van der Waals surface area contributed by atoms with Gasteiger partial charge in [0.05, 0.1) is 0 Å². The maximum absolute atomic E-state index is 13.5. The van der Waals surface area contributed by atoms with Crippen LogP contribution in [0.5, 0.6) is 0 Å². The van der Waals surface area contributed by atoms with Crippen molar-refractivity contribution in [3.63, 3.8) is 0 Å². The zero-order valence-electron chi connectivity index (χ0n) is 12.5. The molecule has 0 radical (unpaired) electrons. The average Bonchev–Trinajstić information content (AvgIpc) is 3.01. The number of aliphatic imine (C=N–C) groups is 1. The fourth-order valence-corrected chi connectivity index (χ4v) is 3.39. The molecular formula is C14H18F4IN3S. The van der Waals surface area contributed by atoms with Gasteiger partial charge in [0.25, 0.3) is 0 Å². The molecule has 1 heterocycles. The van der Waals surface area contributed by atoms with Gasteiger partial charge >= 0.3 is 0 Å². The van der Waals surface area contributed by atoms with Crippen molar-refractivity contribution in [1.29, 1.82) is 0 Å². The predicted octanol–water partition coefficient (Wildman–Crippen LogP) is 3.42. The molecule has 2 rings (SSSR count). The van der Waals surface area contributed by atoms with Crippen molar-refractivity contribution in [2.75, 3.05) is 19.3 Å². The van der Waals surface area contributed by atoms with Gasteiger partial charge in [0.2, 0.25) is 0 Å². The molecule has 3 nitrogen and oxygen atoms in total. The lowest BCUT2D eigenvalue weighted by atomic mass is 10.2. The summed E-state index contributed by atoms with van der Waals surface area (Å²) in [6, 6.07) is 0.193. The number of hydrogen-bond donors (Lipinski definition) is 2. The molecule has 2 N–H and O–H groups in total. The van der Waals surface area contributed by atoms with Crippen molar-refractivity contribution in [2.45, 2.75) is 24.6 Å². The van der Waals surface area contributed by atoms with E-state index in [0.29, 0.717) is 17.8 Å². The lowest BCUT2D eigenvalue weighted by molar-refractivity contribution is 0.437. The Morgan fingerprint density at radius 1 is 1.22 bits per heavy atom. The highest BCUT2D eigenvalue weighted by molar-refractivity contribution is 14.0. The minimum absolute atomic E-state index is 0. The number of nitrogens with one attached hydrogen (secondary N) is 2. The molecule has 1 atom stereocenters. The van der Waals surface area contributed by atoms with E-state index in [0.717, 1.165) is 12.2 Å². The second-order valence-corrected chi connectivity index (χ2v) is 6.30. The normalized spacial score (nSPS) is 17.8. The van der Waals surface area contributed by atoms with Crippen LogP contribution in [0.2, 0.25) is 0 Å². The van der Waals surface area contributed by atoms with Crippen molar-refractivity contribution in [3.05, 3.63) is 34.9 Å². The van der Waals surface area contributed by atoms with Gasteiger partial charge in [-0.05, 0) is 18.6 Å². The molecule has 1 aromatic rings. The molecule has 1 saturated heterocycles. The van der Waals surface area contributed by atoms with Gasteiger partial charge in [-0.3, -0.25) is 4.99 Å². The maximum Gasteiger partial charge on any atom is 0.191 e. The molecule has 0 aliphatic carbocycles. The van der Waals surface area contributed by atoms with Gasteiger partial charge in [-0.1, -0.05) is 0 Å². The first-order valence-electron chi connectivity index (χ1n) is 6.91. The number of benzene rings is 1. The van der Waals surface area contributed by atoms with Crippen molar-refractivity contribution in [3.8, 4) is 0 Å². The summed E-state index contributed by atoms with van der Waals surface area (Å²) in [4.78, 5) is 3.92. The monoisotopic (exact) mass is 463 g/mol. The summed E-state index contributed by atoms with van der Waals surface area (Å²) in [6.07, 6.45) is 2.27. The van der Waals surface area contributed by atoms with Crippen LogP contribution in [0.15, 0.2) is 11.1 Å². The summed E-state index contributed by atoms with van der Waals surface area (Å²) in [5.74, 6) is -4.17. The third-order valence-electron chi connectivity index (χ3n) is 3.38. The van der Waals surface area contributed by atoms with Crippen LogP contribution in [0.25, 0.3) is 0 Å². The number of hydrogen-bond acceptors (Lipinski definition) is 2. The van der Waals surface area contributed by atoms with E-state index in [9.17, 15) is 17.6 Å². The topological polar surface area (TPSA) is 36.4 Å². The highest BCUT2D eigenvalue weighted by atomic mass is 127. The van der Waals surface area contributed by atoms with E-state index >= 15 is 0 Å². The van der Waals surface area contributed by atoms with Crippen molar-refractivity contribution >= 4 is 41.7 Å². The molecule has 0 saturated carbocycles. The number of nitrogens with zero attached hydrogens (tertiary/aromatic N) is 1. The molecule has 0 aromatic heterocycles. The number of guanidine groups is 1. The van der Waals surface area contributed by atoms with E-state index in [1.165, 1.54) is 13.5 Å². The van der Waals surface area contributed by atoms with Gasteiger partial charge < -0.3 is 10.6 Å². The smallest absolute Gasteiger partial charge is 0.191 e. The molecule has 1 unspecified atom stereocenters. The van der Waals surface area contributed by atoms with E-state index in [1.54, 1.807) is 0 Å². The minimum atomic E-state index is -1.42. The van der Waals surface area contributed by atoms with Crippen LogP contribution in [-0.4, -0.2) is 30.6 Å². The van der Waals surface area contributed by atoms with E-state index < -0.39 is 35.4 Å². The molecule has 1 aromatic carbocycles. The van der Waals surface area contributed by atoms with Crippen LogP contribution in [0.1, 0.15) is 18.4 Å². The van der Waals surface area contributed by atoms with Crippen LogP contribution in [0, 0.1) is 23.3 Å². The quantitative estimate of drug-likeness (QED) is 0.236. The van der Waals surface area contributed by atoms with Gasteiger partial charge in [0.1, 0.15) is 0 Å². The summed E-state index contributed by atoms with van der Waals surface area (Å²) < 4.78 is 53.3. The second-order valence-electron chi connectivity index (χ2n) is 4.89. The second kappa shape index (κ2) is 9.55. The van der Waals surface area contributed by atoms with Crippen LogP contribution in [0.4, 0.5) is 17.6 Å². The van der Waals surface area contributed by atoms with Crippen molar-refractivity contribution in [1.82, 2.24) is 10.6 Å². The lowest BCUT2D eigenvalue weighted by Crippen LogP contribution is -2.40. The Morgan fingerprint density at radius 3 is 2.39 bits per heavy atom. The average molecular weight is 463 g/mol. The number of rotatable bonds is 4. The SMILES string of the molecule is CN=C(NCc1c(F)c(F)cc(F)c1F)NCC1CCCS1.I. The zero-order chi connectivity index (χ0) is 16.1. The molecule has 0 spiro atoms. The van der Waals surface area contributed by atoms with Crippen LogP contribution >= 0.6 is 35.7 Å². The van der Waals surface area contributed by atoms with Gasteiger partial charge in [-0.2, -0.15) is 11.8 Å². The Balaban J connectivity index is 0.00000264. The highest BCUT2D eigenvalue weighted by Crippen LogP contribution is 2.25. The Morgan fingerprint density at radius 2 is 1.87 bits per heavy atom. The van der Waals surface area contributed by atoms with E-state index in [2.05, 4.69) is 15.6 Å². The summed E-state index contributed by atoms with van der Waals surface area (Å²) >= 11 is 1.85. The molecule has 1 aliphatic heterocycles. The van der Waals surface area contributed by atoms with Crippen molar-refractivity contribution < 1.29 is 17.6 Å². The number of halogens is 5. The molecule has 0 bridgehead atoms. The van der Waals surface area contributed by atoms with E-state index in [4.69, 9.17) is 0 Å². The first kappa shape index (κ1) is 20.3. The third kappa shape index (κ3) is 5.40. The minimum Gasteiger partial charge on any atom is -0.355 e. The number of thioether (sulfide) groups is 1. The summed E-state index contributed by atoms with van der Waals surface area (Å²) in [5, 5.41) is 6.17. The van der Waals surface area contributed by atoms with Gasteiger partial charge in [-0.15, -0.1) is 24.0 Å². The molecule has 23 heavy (non-hydrogen) atoms. The fourth-order valence-electron chi connectivity index (χ4n) is 2.19. The standard InChI is InChI=1S/C14H17F4N3S.HI/c1-19-14(20-6-8-3-2-4-22-8)21-7-9-12(17)10(15)5-11(16)13(9)18;/h5,8H,2-4,6-7H2,1H3,(H2,19,20,21);1H. The molecule has 130 valence electrons. The van der Waals surface area contributed by atoms with E-state index in [1.807, 2.05) is 11.8 Å². The van der Waals surface area contributed by atoms with Gasteiger partial charge in [0, 0.05) is 37.0 Å². The fraction of sp³-hybridized carbons (Fsp3) is 0.500. The summed E-state index contributed by atoms with van der Waals surface area (Å²) in [6.45, 7) is 0.274. The molecule has 0 amide bonds. The molecule has 9 heteroatoms. The Hall–Kier alpha value is -0.710. The summed E-state index contributed by atoms with van der Waals surface area (Å²) in [5.41, 5.74) is -0.685. The van der Waals surface area contributed by atoms with Crippen LogP contribution in [0.3, 0.4) is 0 Å². The van der Waals surface area contributed by atoms with Gasteiger partial charge in [-0.25, -0.2) is 17.6 Å². The Labute approximate surface area is 153 Å². The first-order chi connectivity index (χ1) is 10.5. The van der Waals surface area contributed by atoms with Crippen LogP contribution < -0.4 is 10.6 Å². The zero-order valence-corrected chi connectivity index (χ0v) is 15.6. The molecule has 1 fully saturated rings. The van der Waals surface area contributed by atoms with Gasteiger partial charge in [0.15, 0.2) is 29.2 Å².